The minimum atomic E-state index is -3.92. The fourth-order valence-electron chi connectivity index (χ4n) is 3.35. The number of hydrogen-bond acceptors (Lipinski definition) is 8. The number of aliphatic carboxylic acids is 1. The molecule has 1 saturated heterocycles. The molecule has 0 saturated carbocycles. The smallest absolute Gasteiger partial charge is 0.323 e. The second kappa shape index (κ2) is 14.2. The molecule has 1 aliphatic rings. The highest BCUT2D eigenvalue weighted by Crippen LogP contribution is 2.18. The first-order valence-corrected chi connectivity index (χ1v) is 12.9. The molecule has 190 valence electrons. The van der Waals surface area contributed by atoms with Crippen molar-refractivity contribution in [1.82, 2.24) is 20.3 Å². The molecule has 0 aromatic carbocycles. The molecule has 0 aromatic heterocycles. The number of hydrogen-bond donors (Lipinski definition) is 5. The van der Waals surface area contributed by atoms with Gasteiger partial charge in [-0.3, -0.25) is 24.1 Å². The van der Waals surface area contributed by atoms with Gasteiger partial charge < -0.3 is 21.5 Å². The van der Waals surface area contributed by atoms with Crippen molar-refractivity contribution in [3.8, 4) is 0 Å². The minimum absolute atomic E-state index is 0.00652. The second-order valence-corrected chi connectivity index (χ2v) is 10.2. The molecule has 0 unspecified atom stereocenters. The zero-order valence-corrected chi connectivity index (χ0v) is 20.2. The number of piperidine rings is 1. The molecule has 1 fully saturated rings. The maximum atomic E-state index is 12.9. The zero-order chi connectivity index (χ0) is 25.0. The Morgan fingerprint density at radius 3 is 2.36 bits per heavy atom. The first-order chi connectivity index (χ1) is 15.5. The molecule has 0 aliphatic carbocycles. The van der Waals surface area contributed by atoms with Crippen molar-refractivity contribution in [3.05, 3.63) is 0 Å². The normalized spacial score (nSPS) is 16.6. The summed E-state index contributed by atoms with van der Waals surface area (Å²) < 4.78 is 26.5. The van der Waals surface area contributed by atoms with E-state index >= 15 is 0 Å². The maximum Gasteiger partial charge on any atom is 0.323 e. The summed E-state index contributed by atoms with van der Waals surface area (Å²) in [5, 5.41) is 15.1. The molecule has 0 aromatic rings. The molecule has 1 rings (SSSR count). The third kappa shape index (κ3) is 11.1. The summed E-state index contributed by atoms with van der Waals surface area (Å²) in [5.41, 5.74) is 5.45. The molecule has 1 aliphatic heterocycles. The number of rotatable bonds is 14. The van der Waals surface area contributed by atoms with Gasteiger partial charge in [-0.2, -0.15) is 4.72 Å². The van der Waals surface area contributed by atoms with Crippen molar-refractivity contribution >= 4 is 33.7 Å². The van der Waals surface area contributed by atoms with E-state index in [0.717, 1.165) is 25.9 Å². The first-order valence-electron chi connectivity index (χ1n) is 11.3. The fourth-order valence-corrected chi connectivity index (χ4v) is 4.75. The number of nitrogens with two attached hydrogens (primary N) is 1. The van der Waals surface area contributed by atoms with Crippen molar-refractivity contribution < 1.29 is 32.7 Å². The summed E-state index contributed by atoms with van der Waals surface area (Å²) in [5.74, 6) is -3.55. The third-order valence-electron chi connectivity index (χ3n) is 5.41. The Hall–Kier alpha value is -2.09. The molecule has 0 spiro atoms. The van der Waals surface area contributed by atoms with Crippen LogP contribution in [0.4, 0.5) is 0 Å². The number of carboxylic acids is 1. The fraction of sp³-hybridized carbons (Fsp3) is 0.800. The standard InChI is InChI=1S/C20H37N5O7S/c1-3-4-11-33(31,32)24-16(20(29)30)13-25(18(27)12-23-19(28)14(2)21)17(26)6-5-15-7-9-22-10-8-15/h14-16,22,24H,3-13,21H2,1-2H3,(H,23,28)(H,29,30)/t14-,16-/m0/s1. The van der Waals surface area contributed by atoms with Crippen LogP contribution in [-0.2, 0) is 29.2 Å². The lowest BCUT2D eigenvalue weighted by molar-refractivity contribution is -0.147. The van der Waals surface area contributed by atoms with Gasteiger partial charge in [0.05, 0.1) is 24.9 Å². The maximum absolute atomic E-state index is 12.9. The molecular formula is C20H37N5O7S. The van der Waals surface area contributed by atoms with Gasteiger partial charge >= 0.3 is 5.97 Å². The molecule has 1 heterocycles. The van der Waals surface area contributed by atoms with Crippen LogP contribution in [0.1, 0.15) is 52.4 Å². The van der Waals surface area contributed by atoms with E-state index in [4.69, 9.17) is 5.73 Å². The van der Waals surface area contributed by atoms with Crippen molar-refractivity contribution in [2.75, 3.05) is 31.9 Å². The predicted octanol–water partition coefficient (Wildman–Crippen LogP) is -1.24. The number of imide groups is 1. The van der Waals surface area contributed by atoms with Crippen LogP contribution in [0, 0.1) is 5.92 Å². The molecule has 0 radical (unpaired) electrons. The molecular weight excluding hydrogens is 454 g/mol. The summed E-state index contributed by atoms with van der Waals surface area (Å²) in [6.45, 7) is 3.65. The lowest BCUT2D eigenvalue weighted by Crippen LogP contribution is -2.54. The Labute approximate surface area is 195 Å². The number of nitrogens with zero attached hydrogens (tertiary/aromatic N) is 1. The number of carbonyl (C=O) groups excluding carboxylic acids is 3. The summed E-state index contributed by atoms with van der Waals surface area (Å²) in [6.07, 6.45) is 3.24. The van der Waals surface area contributed by atoms with Gasteiger partial charge in [-0.05, 0) is 51.6 Å². The van der Waals surface area contributed by atoms with Crippen LogP contribution in [0.5, 0.6) is 0 Å². The summed E-state index contributed by atoms with van der Waals surface area (Å²) in [4.78, 5) is 49.8. The van der Waals surface area contributed by atoms with Crippen LogP contribution in [0.2, 0.25) is 0 Å². The van der Waals surface area contributed by atoms with Gasteiger partial charge in [-0.25, -0.2) is 8.42 Å². The Bertz CT molecular complexity index is 782. The second-order valence-electron chi connectivity index (χ2n) is 8.32. The number of carboxylic acid groups (broad SMARTS) is 1. The quantitative estimate of drug-likeness (QED) is 0.198. The van der Waals surface area contributed by atoms with Gasteiger partial charge in [-0.15, -0.1) is 0 Å². The monoisotopic (exact) mass is 491 g/mol. The van der Waals surface area contributed by atoms with E-state index in [-0.39, 0.29) is 12.2 Å². The highest BCUT2D eigenvalue weighted by molar-refractivity contribution is 7.89. The average Bonchev–Trinajstić information content (AvgIpc) is 2.77. The van der Waals surface area contributed by atoms with Crippen molar-refractivity contribution in [2.24, 2.45) is 11.7 Å². The van der Waals surface area contributed by atoms with E-state index < -0.39 is 58.9 Å². The van der Waals surface area contributed by atoms with Crippen LogP contribution in [0.3, 0.4) is 0 Å². The lowest BCUT2D eigenvalue weighted by Gasteiger charge is -2.27. The molecule has 3 amide bonds. The average molecular weight is 492 g/mol. The zero-order valence-electron chi connectivity index (χ0n) is 19.3. The molecule has 13 heteroatoms. The van der Waals surface area contributed by atoms with Gasteiger partial charge in [0.1, 0.15) is 6.04 Å². The largest absolute Gasteiger partial charge is 0.480 e. The SMILES string of the molecule is CCCCS(=O)(=O)N[C@@H](CN(C(=O)CCC1CCNCC1)C(=O)CNC(=O)[C@H](C)N)C(=O)O. The number of amides is 3. The summed E-state index contributed by atoms with van der Waals surface area (Å²) in [7, 11) is -3.92. The van der Waals surface area contributed by atoms with Gasteiger partial charge in [0.2, 0.25) is 27.7 Å². The van der Waals surface area contributed by atoms with E-state index in [1.165, 1.54) is 6.92 Å². The van der Waals surface area contributed by atoms with Crippen molar-refractivity contribution in [1.29, 1.82) is 0 Å². The Morgan fingerprint density at radius 2 is 1.82 bits per heavy atom. The van der Waals surface area contributed by atoms with Gasteiger partial charge in [-0.1, -0.05) is 13.3 Å². The Morgan fingerprint density at radius 1 is 1.18 bits per heavy atom. The molecule has 2 atom stereocenters. The van der Waals surface area contributed by atoms with E-state index in [1.807, 2.05) is 0 Å². The van der Waals surface area contributed by atoms with Crippen LogP contribution >= 0.6 is 0 Å². The first kappa shape index (κ1) is 28.9. The van der Waals surface area contributed by atoms with Gasteiger partial charge in [0.15, 0.2) is 0 Å². The summed E-state index contributed by atoms with van der Waals surface area (Å²) >= 11 is 0. The van der Waals surface area contributed by atoms with E-state index in [1.54, 1.807) is 6.92 Å². The molecule has 12 nitrogen and oxygen atoms in total. The van der Waals surface area contributed by atoms with Crippen LogP contribution in [0.15, 0.2) is 0 Å². The van der Waals surface area contributed by atoms with Gasteiger partial charge in [0.25, 0.3) is 0 Å². The van der Waals surface area contributed by atoms with Crippen LogP contribution < -0.4 is 21.1 Å². The highest BCUT2D eigenvalue weighted by atomic mass is 32.2. The molecule has 6 N–H and O–H groups in total. The van der Waals surface area contributed by atoms with Crippen molar-refractivity contribution in [2.45, 2.75) is 64.5 Å². The van der Waals surface area contributed by atoms with Crippen molar-refractivity contribution in [3.63, 3.8) is 0 Å². The van der Waals surface area contributed by atoms with Gasteiger partial charge in [0, 0.05) is 6.42 Å². The topological polar surface area (TPSA) is 188 Å². The van der Waals surface area contributed by atoms with E-state index in [2.05, 4.69) is 15.4 Å². The number of sulfonamides is 1. The number of carbonyl (C=O) groups is 4. The molecule has 0 bridgehead atoms. The number of unbranched alkanes of at least 4 members (excludes halogenated alkanes) is 1. The van der Waals surface area contributed by atoms with Crippen LogP contribution in [-0.4, -0.2) is 86.1 Å². The predicted molar refractivity (Wildman–Crippen MR) is 121 cm³/mol. The Kier molecular flexibility index (Phi) is 12.5. The highest BCUT2D eigenvalue weighted by Gasteiger charge is 2.31. The number of nitrogens with one attached hydrogen (secondary N) is 3. The Balaban J connectivity index is 2.94. The third-order valence-corrected chi connectivity index (χ3v) is 6.88. The van der Waals surface area contributed by atoms with E-state index in [9.17, 15) is 32.7 Å². The molecule has 33 heavy (non-hydrogen) atoms. The van der Waals surface area contributed by atoms with Crippen LogP contribution in [0.25, 0.3) is 0 Å². The lowest BCUT2D eigenvalue weighted by atomic mass is 9.93. The summed E-state index contributed by atoms with van der Waals surface area (Å²) in [6, 6.07) is -2.58. The van der Waals surface area contributed by atoms with E-state index in [0.29, 0.717) is 30.1 Å². The minimum Gasteiger partial charge on any atom is -0.480 e.